The molecule has 0 radical (unpaired) electrons. The van der Waals surface area contributed by atoms with Crippen molar-refractivity contribution in [1.82, 2.24) is 21.2 Å². The van der Waals surface area contributed by atoms with Crippen LogP contribution in [0.5, 0.6) is 5.75 Å². The molecule has 0 spiro atoms. The van der Waals surface area contributed by atoms with Crippen LogP contribution in [0.3, 0.4) is 0 Å². The third-order valence-electron chi connectivity index (χ3n) is 5.37. The highest BCUT2D eigenvalue weighted by molar-refractivity contribution is 5.94. The molecule has 0 aliphatic carbocycles. The predicted octanol–water partition coefficient (Wildman–Crippen LogP) is 4.10. The van der Waals surface area contributed by atoms with Crippen molar-refractivity contribution in [3.8, 4) is 5.75 Å². The number of hydrogen-bond acceptors (Lipinski definition) is 6. The Morgan fingerprint density at radius 1 is 1.03 bits per heavy atom. The molecule has 0 saturated carbocycles. The zero-order valence-electron chi connectivity index (χ0n) is 20.8. The van der Waals surface area contributed by atoms with E-state index in [1.54, 1.807) is 6.07 Å². The Balaban J connectivity index is 1.98. The fraction of sp³-hybridized carbons (Fsp3) is 0.400. The van der Waals surface area contributed by atoms with Gasteiger partial charge in [-0.2, -0.15) is 0 Å². The van der Waals surface area contributed by atoms with Crippen LogP contribution in [0.2, 0.25) is 0 Å². The van der Waals surface area contributed by atoms with Gasteiger partial charge in [0, 0.05) is 6.54 Å². The lowest BCUT2D eigenvalue weighted by Crippen LogP contribution is -2.56. The molecule has 0 heterocycles. The van der Waals surface area contributed by atoms with Gasteiger partial charge in [0.1, 0.15) is 5.75 Å². The molecule has 4 amide bonds. The van der Waals surface area contributed by atoms with Gasteiger partial charge in [-0.05, 0) is 63.4 Å². The van der Waals surface area contributed by atoms with Crippen molar-refractivity contribution in [3.63, 3.8) is 0 Å². The SMILES string of the molecule is CC[C@@H](C)Oc1ccc(NNNC(=O)N(C(=O)NCc2ccc(C)cc2)[C@H](C)CC(=O)O)cc1C. The number of aryl methyl sites for hydroxylation is 2. The van der Waals surface area contributed by atoms with E-state index < -0.39 is 30.5 Å². The molecule has 0 unspecified atom stereocenters. The maximum Gasteiger partial charge on any atom is 0.341 e. The van der Waals surface area contributed by atoms with E-state index in [1.165, 1.54) is 6.92 Å². The second-order valence-electron chi connectivity index (χ2n) is 8.46. The third kappa shape index (κ3) is 8.82. The van der Waals surface area contributed by atoms with Gasteiger partial charge in [-0.1, -0.05) is 36.8 Å². The Morgan fingerprint density at radius 2 is 1.71 bits per heavy atom. The number of benzene rings is 2. The van der Waals surface area contributed by atoms with Gasteiger partial charge in [0.05, 0.1) is 24.3 Å². The van der Waals surface area contributed by atoms with Crippen LogP contribution in [-0.2, 0) is 11.3 Å². The first kappa shape index (κ1) is 27.5. The summed E-state index contributed by atoms with van der Waals surface area (Å²) in [6.07, 6.45) is 0.596. The molecule has 5 N–H and O–H groups in total. The van der Waals surface area contributed by atoms with Crippen LogP contribution in [0.15, 0.2) is 42.5 Å². The molecule has 10 heteroatoms. The second-order valence-corrected chi connectivity index (χ2v) is 8.46. The smallest absolute Gasteiger partial charge is 0.341 e. The number of carboxylic acid groups (broad SMARTS) is 1. The normalized spacial score (nSPS) is 12.3. The number of imide groups is 1. The molecule has 0 aliphatic rings. The zero-order valence-corrected chi connectivity index (χ0v) is 20.8. The third-order valence-corrected chi connectivity index (χ3v) is 5.37. The van der Waals surface area contributed by atoms with Crippen LogP contribution in [0.1, 0.15) is 50.3 Å². The summed E-state index contributed by atoms with van der Waals surface area (Å²) < 4.78 is 5.85. The van der Waals surface area contributed by atoms with Crippen molar-refractivity contribution in [2.75, 3.05) is 5.43 Å². The summed E-state index contributed by atoms with van der Waals surface area (Å²) in [4.78, 5) is 37.6. The van der Waals surface area contributed by atoms with Crippen LogP contribution in [0, 0.1) is 13.8 Å². The summed E-state index contributed by atoms with van der Waals surface area (Å²) in [5.74, 6) is -0.351. The molecule has 2 aromatic rings. The summed E-state index contributed by atoms with van der Waals surface area (Å²) in [5, 5.41) is 11.8. The molecular weight excluding hydrogens is 450 g/mol. The van der Waals surface area contributed by atoms with E-state index in [2.05, 4.69) is 21.7 Å². The number of nitrogens with zero attached hydrogens (tertiary/aromatic N) is 1. The van der Waals surface area contributed by atoms with Gasteiger partial charge in [0.15, 0.2) is 0 Å². The molecule has 2 rings (SSSR count). The number of anilines is 1. The molecular formula is C25H35N5O5. The molecule has 0 fully saturated rings. The number of ether oxygens (including phenoxy) is 1. The van der Waals surface area contributed by atoms with Crippen LogP contribution >= 0.6 is 0 Å². The minimum Gasteiger partial charge on any atom is -0.490 e. The van der Waals surface area contributed by atoms with Gasteiger partial charge in [0.25, 0.3) is 0 Å². The van der Waals surface area contributed by atoms with Crippen LogP contribution < -0.4 is 26.4 Å². The van der Waals surface area contributed by atoms with Crippen molar-refractivity contribution in [2.24, 2.45) is 0 Å². The minimum absolute atomic E-state index is 0.0980. The largest absolute Gasteiger partial charge is 0.490 e. The van der Waals surface area contributed by atoms with Gasteiger partial charge in [0.2, 0.25) is 0 Å². The highest BCUT2D eigenvalue weighted by Crippen LogP contribution is 2.23. The molecule has 0 bridgehead atoms. The van der Waals surface area contributed by atoms with Crippen molar-refractivity contribution in [3.05, 3.63) is 59.2 Å². The molecule has 190 valence electrons. The minimum atomic E-state index is -1.12. The fourth-order valence-electron chi connectivity index (χ4n) is 3.18. The first-order valence-corrected chi connectivity index (χ1v) is 11.5. The highest BCUT2D eigenvalue weighted by atomic mass is 16.5. The average Bonchev–Trinajstić information content (AvgIpc) is 2.80. The summed E-state index contributed by atoms with van der Waals surface area (Å²) in [7, 11) is 0. The average molecular weight is 486 g/mol. The monoisotopic (exact) mass is 485 g/mol. The Hall–Kier alpha value is -3.79. The number of carbonyl (C=O) groups excluding carboxylic acids is 2. The first-order chi connectivity index (χ1) is 16.6. The van der Waals surface area contributed by atoms with Crippen molar-refractivity contribution in [2.45, 2.75) is 66.2 Å². The Kier molecular flexibility index (Phi) is 10.3. The standard InChI is InChI=1S/C25H35N5O5/c1-6-19(5)35-22-12-11-21(13-17(22)3)27-29-28-25(34)30(18(4)14-23(31)32)24(33)26-15-20-9-7-16(2)8-10-20/h7-13,18-19,27,29H,6,14-15H2,1-5H3,(H,26,33)(H,28,34)(H,31,32)/t18-,19-/m1/s1. The Morgan fingerprint density at radius 3 is 2.31 bits per heavy atom. The first-order valence-electron chi connectivity index (χ1n) is 11.5. The van der Waals surface area contributed by atoms with Gasteiger partial charge in [-0.3, -0.25) is 10.2 Å². The predicted molar refractivity (Wildman–Crippen MR) is 134 cm³/mol. The summed E-state index contributed by atoms with van der Waals surface area (Å²) in [6.45, 7) is 9.60. The lowest BCUT2D eigenvalue weighted by atomic mass is 10.1. The number of nitrogens with one attached hydrogen (secondary N) is 4. The molecule has 35 heavy (non-hydrogen) atoms. The van der Waals surface area contributed by atoms with Crippen LogP contribution in [-0.4, -0.2) is 40.2 Å². The molecule has 2 aromatic carbocycles. The van der Waals surface area contributed by atoms with E-state index >= 15 is 0 Å². The molecule has 10 nitrogen and oxygen atoms in total. The van der Waals surface area contributed by atoms with Crippen molar-refractivity contribution >= 4 is 23.7 Å². The second kappa shape index (κ2) is 13.2. The van der Waals surface area contributed by atoms with E-state index in [0.717, 1.165) is 33.8 Å². The van der Waals surface area contributed by atoms with Crippen molar-refractivity contribution in [1.29, 1.82) is 0 Å². The number of hydrazine groups is 2. The number of carbonyl (C=O) groups is 3. The van der Waals surface area contributed by atoms with Gasteiger partial charge < -0.3 is 20.6 Å². The number of carboxylic acids is 1. The summed E-state index contributed by atoms with van der Waals surface area (Å²) in [6, 6.07) is 10.6. The quantitative estimate of drug-likeness (QED) is 0.303. The van der Waals surface area contributed by atoms with Crippen LogP contribution in [0.4, 0.5) is 15.3 Å². The van der Waals surface area contributed by atoms with E-state index in [0.29, 0.717) is 5.69 Å². The maximum atomic E-state index is 12.8. The van der Waals surface area contributed by atoms with E-state index in [4.69, 9.17) is 9.84 Å². The lowest BCUT2D eigenvalue weighted by Gasteiger charge is -2.27. The van der Waals surface area contributed by atoms with Gasteiger partial charge in [-0.25, -0.2) is 14.5 Å². The number of urea groups is 2. The number of hydrogen-bond donors (Lipinski definition) is 5. The highest BCUT2D eigenvalue weighted by Gasteiger charge is 2.28. The maximum absolute atomic E-state index is 12.8. The zero-order chi connectivity index (χ0) is 26.0. The van der Waals surface area contributed by atoms with Crippen molar-refractivity contribution < 1.29 is 24.2 Å². The number of rotatable bonds is 11. The molecule has 2 atom stereocenters. The molecule has 0 aromatic heterocycles. The summed E-state index contributed by atoms with van der Waals surface area (Å²) in [5.41, 5.74) is 11.3. The van der Waals surface area contributed by atoms with E-state index in [-0.39, 0.29) is 12.6 Å². The van der Waals surface area contributed by atoms with Gasteiger partial charge >= 0.3 is 18.0 Å². The fourth-order valence-corrected chi connectivity index (χ4v) is 3.18. The summed E-state index contributed by atoms with van der Waals surface area (Å²) >= 11 is 0. The Labute approximate surface area is 206 Å². The number of amides is 4. The number of aliphatic carboxylic acids is 1. The van der Waals surface area contributed by atoms with Crippen LogP contribution in [0.25, 0.3) is 0 Å². The van der Waals surface area contributed by atoms with Gasteiger partial charge in [-0.15, -0.1) is 5.53 Å². The van der Waals surface area contributed by atoms with E-state index in [1.807, 2.05) is 64.1 Å². The Bertz CT molecular complexity index is 1010. The van der Waals surface area contributed by atoms with E-state index in [9.17, 15) is 14.4 Å². The molecule has 0 saturated heterocycles. The molecule has 0 aliphatic heterocycles. The topological polar surface area (TPSA) is 132 Å². The lowest BCUT2D eigenvalue weighted by molar-refractivity contribution is -0.137.